The molecule has 9 nitrogen and oxygen atoms in total. The van der Waals surface area contributed by atoms with E-state index in [1.165, 1.54) is 28.5 Å². The normalized spacial score (nSPS) is 22.5. The van der Waals surface area contributed by atoms with Crippen LogP contribution in [0.3, 0.4) is 0 Å². The summed E-state index contributed by atoms with van der Waals surface area (Å²) in [6.07, 6.45) is 3.81. The number of alkyl halides is 1. The summed E-state index contributed by atoms with van der Waals surface area (Å²) in [6.45, 7) is 8.43. The van der Waals surface area contributed by atoms with Gasteiger partial charge in [0.05, 0.1) is 11.7 Å². The molecule has 1 aliphatic heterocycles. The second kappa shape index (κ2) is 11.7. The van der Waals surface area contributed by atoms with Gasteiger partial charge in [-0.1, -0.05) is 30.3 Å². The number of halogens is 2. The molecular formula is C32H37ClFN5O4. The van der Waals surface area contributed by atoms with E-state index in [1.807, 2.05) is 69.0 Å². The molecule has 43 heavy (non-hydrogen) atoms. The van der Waals surface area contributed by atoms with Gasteiger partial charge in [-0.2, -0.15) is 0 Å². The van der Waals surface area contributed by atoms with Crippen LogP contribution in [-0.4, -0.2) is 58.2 Å². The maximum absolute atomic E-state index is 16.4. The predicted octanol–water partition coefficient (Wildman–Crippen LogP) is 5.38. The first kappa shape index (κ1) is 30.6. The number of carbonyl (C=O) groups excluding carboxylic acids is 1. The van der Waals surface area contributed by atoms with Crippen molar-refractivity contribution in [2.24, 2.45) is 7.05 Å². The largest absolute Gasteiger partial charge is 0.444 e. The molecule has 3 atom stereocenters. The summed E-state index contributed by atoms with van der Waals surface area (Å²) in [5.41, 5.74) is 1.39. The lowest BCUT2D eigenvalue weighted by molar-refractivity contribution is 0.0509. The van der Waals surface area contributed by atoms with Crippen molar-refractivity contribution in [2.45, 2.75) is 56.7 Å². The van der Waals surface area contributed by atoms with E-state index in [9.17, 15) is 9.59 Å². The zero-order valence-corrected chi connectivity index (χ0v) is 26.0. The number of methoxy groups -OCH3 is 1. The van der Waals surface area contributed by atoms with Gasteiger partial charge in [0.2, 0.25) is 0 Å². The van der Waals surface area contributed by atoms with Gasteiger partial charge in [0.1, 0.15) is 28.2 Å². The van der Waals surface area contributed by atoms with Crippen LogP contribution in [0.4, 0.5) is 15.0 Å². The zero-order chi connectivity index (χ0) is 31.1. The fraction of sp³-hybridized carbons (Fsp3) is 0.406. The molecule has 5 rings (SSSR count). The van der Waals surface area contributed by atoms with Crippen molar-refractivity contribution in [3.05, 3.63) is 94.1 Å². The minimum absolute atomic E-state index is 0.0336. The molecule has 1 aromatic carbocycles. The van der Waals surface area contributed by atoms with E-state index in [1.54, 1.807) is 19.3 Å². The summed E-state index contributed by atoms with van der Waals surface area (Å²) in [5.74, 6) is -0.0244. The molecule has 228 valence electrons. The number of ether oxygens (including phenoxy) is 2. The SMILES string of the molecule is COC1C(c2ccccc2)=CC(F)=C(n2ccn(C)c2=O)C1(Cl)c1cc(C)nc(N2CC[C@H](NC(=O)OC(C)(C)C)C2)c1. The van der Waals surface area contributed by atoms with Crippen LogP contribution in [-0.2, 0) is 21.4 Å². The highest BCUT2D eigenvalue weighted by Crippen LogP contribution is 2.52. The maximum Gasteiger partial charge on any atom is 0.407 e. The Kier molecular flexibility index (Phi) is 8.28. The third-order valence-electron chi connectivity index (χ3n) is 7.62. The lowest BCUT2D eigenvalue weighted by atomic mass is 9.79. The van der Waals surface area contributed by atoms with E-state index in [2.05, 4.69) is 5.32 Å². The molecule has 1 N–H and O–H groups in total. The van der Waals surface area contributed by atoms with E-state index in [-0.39, 0.29) is 11.7 Å². The van der Waals surface area contributed by atoms with Gasteiger partial charge in [0.25, 0.3) is 0 Å². The van der Waals surface area contributed by atoms with Gasteiger partial charge in [-0.25, -0.2) is 19.0 Å². The van der Waals surface area contributed by atoms with Crippen molar-refractivity contribution in [1.29, 1.82) is 0 Å². The summed E-state index contributed by atoms with van der Waals surface area (Å²) in [5, 5.41) is 2.94. The molecule has 0 radical (unpaired) electrons. The average Bonchev–Trinajstić information content (AvgIpc) is 3.54. The number of rotatable bonds is 6. The molecule has 3 aromatic rings. The Morgan fingerprint density at radius 1 is 1.19 bits per heavy atom. The second-order valence-electron chi connectivity index (χ2n) is 12.0. The van der Waals surface area contributed by atoms with Gasteiger partial charge in [-0.3, -0.25) is 4.57 Å². The highest BCUT2D eigenvalue weighted by molar-refractivity contribution is 6.31. The third-order valence-corrected chi connectivity index (χ3v) is 8.22. The van der Waals surface area contributed by atoms with Crippen LogP contribution in [0.15, 0.2) is 71.6 Å². The van der Waals surface area contributed by atoms with Crippen LogP contribution < -0.4 is 15.9 Å². The first-order chi connectivity index (χ1) is 20.3. The number of hydrogen-bond donors (Lipinski definition) is 1. The van der Waals surface area contributed by atoms with E-state index in [4.69, 9.17) is 26.1 Å². The summed E-state index contributed by atoms with van der Waals surface area (Å²) in [4.78, 5) is 30.7. The summed E-state index contributed by atoms with van der Waals surface area (Å²) in [6, 6.07) is 12.8. The molecule has 0 spiro atoms. The number of imidazole rings is 1. The van der Waals surface area contributed by atoms with Gasteiger partial charge < -0.3 is 24.3 Å². The molecule has 1 fully saturated rings. The number of alkyl carbamates (subject to hydrolysis) is 1. The molecule has 2 aliphatic rings. The maximum atomic E-state index is 16.4. The number of benzene rings is 1. The topological polar surface area (TPSA) is 90.6 Å². The summed E-state index contributed by atoms with van der Waals surface area (Å²) >= 11 is 7.65. The highest BCUT2D eigenvalue weighted by atomic mass is 35.5. The molecular weight excluding hydrogens is 573 g/mol. The fourth-order valence-corrected chi connectivity index (χ4v) is 6.24. The van der Waals surface area contributed by atoms with Crippen LogP contribution in [0.5, 0.6) is 0 Å². The Morgan fingerprint density at radius 3 is 2.53 bits per heavy atom. The number of amides is 1. The lowest BCUT2D eigenvalue weighted by Crippen LogP contribution is -2.44. The van der Waals surface area contributed by atoms with Gasteiger partial charge in [0, 0.05) is 45.3 Å². The van der Waals surface area contributed by atoms with Crippen LogP contribution in [0, 0.1) is 6.92 Å². The Hall–Kier alpha value is -3.89. The lowest BCUT2D eigenvalue weighted by Gasteiger charge is -2.41. The Balaban J connectivity index is 1.59. The molecule has 0 bridgehead atoms. The standard InChI is InChI=1S/C32H37ClFN5O4/c1-20-16-22(17-26(35-20)38-13-12-23(19-38)36-29(40)43-31(2,3)4)32(33)27(39-15-14-37(5)30(39)41)25(34)18-24(28(32)42-6)21-10-8-7-9-11-21/h7-11,14-18,23,28H,12-13,19H2,1-6H3,(H,36,40)/t23-,28?,32?/m0/s1. The molecule has 2 unspecified atom stereocenters. The first-order valence-corrected chi connectivity index (χ1v) is 14.6. The van der Waals surface area contributed by atoms with Gasteiger partial charge >= 0.3 is 11.8 Å². The van der Waals surface area contributed by atoms with E-state index < -0.39 is 34.2 Å². The van der Waals surface area contributed by atoms with Gasteiger partial charge in [0.15, 0.2) is 0 Å². The number of anilines is 1. The third kappa shape index (κ3) is 5.99. The Morgan fingerprint density at radius 2 is 1.91 bits per heavy atom. The zero-order valence-electron chi connectivity index (χ0n) is 25.2. The number of aryl methyl sites for hydroxylation is 2. The minimum Gasteiger partial charge on any atom is -0.444 e. The Bertz CT molecular complexity index is 1640. The smallest absolute Gasteiger partial charge is 0.407 e. The van der Waals surface area contributed by atoms with E-state index >= 15 is 4.39 Å². The van der Waals surface area contributed by atoms with E-state index in [0.29, 0.717) is 42.2 Å². The summed E-state index contributed by atoms with van der Waals surface area (Å²) in [7, 11) is 3.12. The molecule has 1 aliphatic carbocycles. The molecule has 1 saturated heterocycles. The molecule has 0 saturated carbocycles. The number of carbonyl (C=O) groups is 1. The number of nitrogens with zero attached hydrogens (tertiary/aromatic N) is 4. The van der Waals surface area contributed by atoms with Crippen molar-refractivity contribution in [2.75, 3.05) is 25.1 Å². The molecule has 2 aromatic heterocycles. The van der Waals surface area contributed by atoms with Crippen molar-refractivity contribution < 1.29 is 18.7 Å². The van der Waals surface area contributed by atoms with Crippen LogP contribution in [0.1, 0.15) is 44.0 Å². The van der Waals surface area contributed by atoms with Crippen molar-refractivity contribution in [1.82, 2.24) is 19.4 Å². The van der Waals surface area contributed by atoms with Crippen LogP contribution >= 0.6 is 11.6 Å². The first-order valence-electron chi connectivity index (χ1n) is 14.2. The number of pyridine rings is 1. The van der Waals surface area contributed by atoms with E-state index in [0.717, 1.165) is 5.56 Å². The van der Waals surface area contributed by atoms with Gasteiger partial charge in [-0.15, -0.1) is 11.6 Å². The second-order valence-corrected chi connectivity index (χ2v) is 12.6. The number of nitrogens with one attached hydrogen (secondary N) is 1. The van der Waals surface area contributed by atoms with Crippen molar-refractivity contribution in [3.63, 3.8) is 0 Å². The summed E-state index contributed by atoms with van der Waals surface area (Å²) < 4.78 is 30.4. The average molecular weight is 610 g/mol. The van der Waals surface area contributed by atoms with Crippen LogP contribution in [0.2, 0.25) is 0 Å². The molecule has 11 heteroatoms. The quantitative estimate of drug-likeness (QED) is 0.378. The number of aromatic nitrogens is 3. The number of hydrogen-bond acceptors (Lipinski definition) is 6. The van der Waals surface area contributed by atoms with Crippen LogP contribution in [0.25, 0.3) is 11.3 Å². The number of allylic oxidation sites excluding steroid dienone is 2. The Labute approximate surface area is 255 Å². The fourth-order valence-electron chi connectivity index (χ4n) is 5.74. The molecule has 1 amide bonds. The highest BCUT2D eigenvalue weighted by Gasteiger charge is 2.51. The monoisotopic (exact) mass is 609 g/mol. The predicted molar refractivity (Wildman–Crippen MR) is 166 cm³/mol. The molecule has 3 heterocycles. The minimum atomic E-state index is -1.65. The van der Waals surface area contributed by atoms with Crippen molar-refractivity contribution >= 4 is 34.8 Å². The van der Waals surface area contributed by atoms with Gasteiger partial charge in [-0.05, 0) is 69.0 Å². The van der Waals surface area contributed by atoms with Crippen molar-refractivity contribution in [3.8, 4) is 0 Å².